The summed E-state index contributed by atoms with van der Waals surface area (Å²) in [5.74, 6) is 0.999. The Bertz CT molecular complexity index is 449. The Morgan fingerprint density at radius 3 is 2.67 bits per heavy atom. The lowest BCUT2D eigenvalue weighted by atomic mass is 10.1. The fraction of sp³-hybridized carbons (Fsp3) is 0.300. The topological polar surface area (TPSA) is 77.8 Å². The van der Waals surface area contributed by atoms with Crippen molar-refractivity contribution in [2.45, 2.75) is 19.9 Å². The van der Waals surface area contributed by atoms with Gasteiger partial charge in [0.15, 0.2) is 5.82 Å². The first kappa shape index (κ1) is 9.79. The molecule has 5 nitrogen and oxygen atoms in total. The third-order valence-corrected chi connectivity index (χ3v) is 2.11. The molecule has 2 rings (SSSR count). The number of aromatic nitrogens is 3. The number of nitrogens with two attached hydrogens (primary N) is 1. The highest BCUT2D eigenvalue weighted by Crippen LogP contribution is 2.15. The van der Waals surface area contributed by atoms with Gasteiger partial charge in [-0.05, 0) is 18.6 Å². The van der Waals surface area contributed by atoms with Crippen LogP contribution in [-0.2, 0) is 0 Å². The van der Waals surface area contributed by atoms with E-state index in [-0.39, 0.29) is 6.04 Å². The minimum absolute atomic E-state index is 0.379. The molecule has 0 radical (unpaired) electrons. The zero-order valence-corrected chi connectivity index (χ0v) is 8.64. The average molecular weight is 204 g/mol. The summed E-state index contributed by atoms with van der Waals surface area (Å²) in [4.78, 5) is 8.25. The molecule has 2 N–H and O–H groups in total. The number of rotatable bonds is 2. The first-order chi connectivity index (χ1) is 7.16. The van der Waals surface area contributed by atoms with Crippen molar-refractivity contribution in [2.75, 3.05) is 0 Å². The molecule has 2 aromatic heterocycles. The van der Waals surface area contributed by atoms with Gasteiger partial charge in [-0.2, -0.15) is 4.98 Å². The van der Waals surface area contributed by atoms with E-state index in [9.17, 15) is 0 Å². The second-order valence-corrected chi connectivity index (χ2v) is 3.38. The van der Waals surface area contributed by atoms with Gasteiger partial charge < -0.3 is 10.3 Å². The quantitative estimate of drug-likeness (QED) is 0.793. The number of aryl methyl sites for hydroxylation is 2. The summed E-state index contributed by atoms with van der Waals surface area (Å²) in [6.07, 6.45) is 1.73. The molecule has 0 aliphatic carbocycles. The lowest BCUT2D eigenvalue weighted by molar-refractivity contribution is 0.385. The molecule has 0 amide bonds. The molecule has 0 saturated carbocycles. The van der Waals surface area contributed by atoms with E-state index in [1.165, 1.54) is 0 Å². The van der Waals surface area contributed by atoms with Crippen molar-refractivity contribution in [3.63, 3.8) is 0 Å². The molecule has 0 fully saturated rings. The maximum Gasteiger partial charge on any atom is 0.223 e. The van der Waals surface area contributed by atoms with Gasteiger partial charge in [0.1, 0.15) is 0 Å². The van der Waals surface area contributed by atoms with Crippen LogP contribution in [0, 0.1) is 13.8 Å². The van der Waals surface area contributed by atoms with Gasteiger partial charge in [-0.15, -0.1) is 0 Å². The molecule has 0 bridgehead atoms. The highest BCUT2D eigenvalue weighted by atomic mass is 16.5. The number of nitrogens with zero attached hydrogens (tertiary/aromatic N) is 3. The lowest BCUT2D eigenvalue weighted by Gasteiger charge is -2.06. The Kier molecular flexibility index (Phi) is 2.47. The van der Waals surface area contributed by atoms with Gasteiger partial charge in [0.05, 0.1) is 6.04 Å². The number of hydrogen-bond donors (Lipinski definition) is 1. The molecule has 0 spiro atoms. The molecule has 0 aliphatic heterocycles. The molecule has 2 aromatic rings. The molecule has 1 unspecified atom stereocenters. The van der Waals surface area contributed by atoms with E-state index in [2.05, 4.69) is 15.1 Å². The summed E-state index contributed by atoms with van der Waals surface area (Å²) < 4.78 is 4.87. The van der Waals surface area contributed by atoms with Crippen LogP contribution >= 0.6 is 0 Å². The largest absolute Gasteiger partial charge is 0.340 e. The lowest BCUT2D eigenvalue weighted by Crippen LogP contribution is -2.13. The Labute approximate surface area is 87.3 Å². The van der Waals surface area contributed by atoms with Crippen LogP contribution in [0.15, 0.2) is 22.9 Å². The molecule has 1 atom stereocenters. The molecular weight excluding hydrogens is 192 g/mol. The average Bonchev–Trinajstić information content (AvgIpc) is 2.65. The molecule has 5 heteroatoms. The first-order valence-electron chi connectivity index (χ1n) is 4.65. The Morgan fingerprint density at radius 2 is 2.13 bits per heavy atom. The highest BCUT2D eigenvalue weighted by Gasteiger charge is 2.14. The van der Waals surface area contributed by atoms with E-state index in [0.717, 1.165) is 11.3 Å². The normalized spacial score (nSPS) is 12.7. The molecule has 78 valence electrons. The van der Waals surface area contributed by atoms with E-state index < -0.39 is 0 Å². The van der Waals surface area contributed by atoms with E-state index in [4.69, 9.17) is 10.3 Å². The van der Waals surface area contributed by atoms with Gasteiger partial charge in [-0.25, -0.2) is 0 Å². The fourth-order valence-electron chi connectivity index (χ4n) is 1.25. The SMILES string of the molecule is Cc1ccc(C(N)c2noc(C)n2)cn1. The van der Waals surface area contributed by atoms with E-state index in [0.29, 0.717) is 11.7 Å². The maximum atomic E-state index is 5.95. The zero-order valence-electron chi connectivity index (χ0n) is 8.64. The predicted molar refractivity (Wildman–Crippen MR) is 54.0 cm³/mol. The second-order valence-electron chi connectivity index (χ2n) is 3.38. The van der Waals surface area contributed by atoms with Crippen LogP contribution in [0.25, 0.3) is 0 Å². The molecular formula is C10H12N4O. The van der Waals surface area contributed by atoms with Gasteiger partial charge in [-0.1, -0.05) is 11.2 Å². The van der Waals surface area contributed by atoms with Gasteiger partial charge >= 0.3 is 0 Å². The maximum absolute atomic E-state index is 5.95. The monoisotopic (exact) mass is 204 g/mol. The van der Waals surface area contributed by atoms with Gasteiger partial charge in [0.25, 0.3) is 0 Å². The van der Waals surface area contributed by atoms with Crippen LogP contribution < -0.4 is 5.73 Å². The summed E-state index contributed by atoms with van der Waals surface area (Å²) in [6, 6.07) is 3.44. The standard InChI is InChI=1S/C10H12N4O/c1-6-3-4-8(5-12-6)9(11)10-13-7(2)15-14-10/h3-5,9H,11H2,1-2H3. The second kappa shape index (κ2) is 3.78. The summed E-state index contributed by atoms with van der Waals surface area (Å²) in [6.45, 7) is 3.66. The molecule has 15 heavy (non-hydrogen) atoms. The van der Waals surface area contributed by atoms with Crippen molar-refractivity contribution in [1.82, 2.24) is 15.1 Å². The van der Waals surface area contributed by atoms with Crippen molar-refractivity contribution in [3.05, 3.63) is 41.3 Å². The van der Waals surface area contributed by atoms with Gasteiger partial charge in [0.2, 0.25) is 5.89 Å². The summed E-state index contributed by atoms with van der Waals surface area (Å²) in [5.41, 5.74) is 7.78. The molecule has 0 aliphatic rings. The molecule has 0 aromatic carbocycles. The highest BCUT2D eigenvalue weighted by molar-refractivity contribution is 5.22. The summed E-state index contributed by atoms with van der Waals surface area (Å²) >= 11 is 0. The van der Waals surface area contributed by atoms with Crippen LogP contribution in [0.4, 0.5) is 0 Å². The minimum Gasteiger partial charge on any atom is -0.340 e. The van der Waals surface area contributed by atoms with Gasteiger partial charge in [-0.3, -0.25) is 4.98 Å². The number of pyridine rings is 1. The summed E-state index contributed by atoms with van der Waals surface area (Å²) in [7, 11) is 0. The Balaban J connectivity index is 2.28. The van der Waals surface area contributed by atoms with Crippen LogP contribution in [0.1, 0.15) is 29.0 Å². The third kappa shape index (κ3) is 2.02. The van der Waals surface area contributed by atoms with Crippen molar-refractivity contribution in [3.8, 4) is 0 Å². The summed E-state index contributed by atoms with van der Waals surface area (Å²) in [5, 5.41) is 3.78. The fourth-order valence-corrected chi connectivity index (χ4v) is 1.25. The molecule has 0 saturated heterocycles. The van der Waals surface area contributed by atoms with E-state index in [1.54, 1.807) is 13.1 Å². The molecule has 2 heterocycles. The smallest absolute Gasteiger partial charge is 0.223 e. The Morgan fingerprint density at radius 1 is 1.33 bits per heavy atom. The van der Waals surface area contributed by atoms with Gasteiger partial charge in [0, 0.05) is 18.8 Å². The van der Waals surface area contributed by atoms with Crippen LogP contribution in [0.5, 0.6) is 0 Å². The van der Waals surface area contributed by atoms with Crippen molar-refractivity contribution in [1.29, 1.82) is 0 Å². The predicted octanol–water partition coefficient (Wildman–Crippen LogP) is 1.13. The van der Waals surface area contributed by atoms with Crippen molar-refractivity contribution in [2.24, 2.45) is 5.73 Å². The van der Waals surface area contributed by atoms with Crippen molar-refractivity contribution < 1.29 is 4.52 Å². The van der Waals surface area contributed by atoms with Crippen molar-refractivity contribution >= 4 is 0 Å². The minimum atomic E-state index is -0.379. The van der Waals surface area contributed by atoms with E-state index in [1.807, 2.05) is 19.1 Å². The third-order valence-electron chi connectivity index (χ3n) is 2.11. The van der Waals surface area contributed by atoms with Crippen LogP contribution in [0.3, 0.4) is 0 Å². The van der Waals surface area contributed by atoms with Crippen LogP contribution in [-0.4, -0.2) is 15.1 Å². The van der Waals surface area contributed by atoms with Crippen LogP contribution in [0.2, 0.25) is 0 Å². The first-order valence-corrected chi connectivity index (χ1v) is 4.65. The Hall–Kier alpha value is -1.75. The van der Waals surface area contributed by atoms with E-state index >= 15 is 0 Å². The number of hydrogen-bond acceptors (Lipinski definition) is 5. The zero-order chi connectivity index (χ0) is 10.8.